The second-order valence-electron chi connectivity index (χ2n) is 9.53. The van der Waals surface area contributed by atoms with Crippen molar-refractivity contribution in [3.8, 4) is 28.5 Å². The second kappa shape index (κ2) is 7.81. The van der Waals surface area contributed by atoms with E-state index in [0.29, 0.717) is 35.4 Å². The summed E-state index contributed by atoms with van der Waals surface area (Å²) in [5.41, 5.74) is 8.15. The van der Waals surface area contributed by atoms with Crippen LogP contribution < -0.4 is 15.2 Å². The highest BCUT2D eigenvalue weighted by Gasteiger charge is 2.45. The van der Waals surface area contributed by atoms with E-state index in [2.05, 4.69) is 30.7 Å². The third-order valence-electron chi connectivity index (χ3n) is 5.52. The van der Waals surface area contributed by atoms with Gasteiger partial charge in [0.15, 0.2) is 5.75 Å². The molecule has 3 aromatic rings. The van der Waals surface area contributed by atoms with E-state index in [1.54, 1.807) is 12.4 Å². The van der Waals surface area contributed by atoms with Gasteiger partial charge in [0.05, 0.1) is 25.6 Å². The van der Waals surface area contributed by atoms with E-state index in [1.807, 2.05) is 24.3 Å². The lowest BCUT2D eigenvalue weighted by Gasteiger charge is -2.39. The minimum Gasteiger partial charge on any atom is -0.477 e. The van der Waals surface area contributed by atoms with Crippen molar-refractivity contribution in [1.29, 1.82) is 0 Å². The zero-order valence-electron chi connectivity index (χ0n) is 18.8. The van der Waals surface area contributed by atoms with Crippen molar-refractivity contribution in [1.82, 2.24) is 9.97 Å². The van der Waals surface area contributed by atoms with Crippen LogP contribution in [0.2, 0.25) is 0 Å². The minimum atomic E-state index is -0.940. The molecule has 0 amide bonds. The molecule has 0 fully saturated rings. The van der Waals surface area contributed by atoms with Gasteiger partial charge in [0, 0.05) is 29.0 Å². The zero-order chi connectivity index (χ0) is 23.2. The summed E-state index contributed by atoms with van der Waals surface area (Å²) in [6, 6.07) is 8.90. The summed E-state index contributed by atoms with van der Waals surface area (Å²) < 4.78 is 31.8. The van der Waals surface area contributed by atoms with Crippen molar-refractivity contribution in [3.63, 3.8) is 0 Å². The molecule has 0 saturated carbocycles. The molecule has 0 radical (unpaired) electrons. The molecule has 2 N–H and O–H groups in total. The number of aromatic nitrogens is 2. The minimum absolute atomic E-state index is 0.0250. The van der Waals surface area contributed by atoms with E-state index in [-0.39, 0.29) is 18.6 Å². The van der Waals surface area contributed by atoms with Crippen molar-refractivity contribution in [2.75, 3.05) is 19.8 Å². The smallest absolute Gasteiger partial charge is 0.213 e. The van der Waals surface area contributed by atoms with Crippen LogP contribution in [0.5, 0.6) is 17.4 Å². The summed E-state index contributed by atoms with van der Waals surface area (Å²) in [4.78, 5) is 13.3. The predicted molar refractivity (Wildman–Crippen MR) is 122 cm³/mol. The highest BCUT2D eigenvalue weighted by atomic mass is 19.1. The van der Waals surface area contributed by atoms with E-state index in [0.717, 1.165) is 16.7 Å². The fourth-order valence-electron chi connectivity index (χ4n) is 4.04. The van der Waals surface area contributed by atoms with Crippen LogP contribution in [0.3, 0.4) is 0 Å². The molecule has 0 bridgehead atoms. The molecule has 2 aromatic heterocycles. The normalized spacial score (nSPS) is 19.3. The lowest BCUT2D eigenvalue weighted by atomic mass is 9.80. The molecule has 8 heteroatoms. The molecule has 0 unspecified atom stereocenters. The Morgan fingerprint density at radius 3 is 2.64 bits per heavy atom. The van der Waals surface area contributed by atoms with Gasteiger partial charge in [-0.25, -0.2) is 9.37 Å². The Morgan fingerprint density at radius 1 is 1.06 bits per heavy atom. The van der Waals surface area contributed by atoms with Crippen molar-refractivity contribution >= 4 is 5.84 Å². The van der Waals surface area contributed by atoms with Gasteiger partial charge in [0.1, 0.15) is 29.5 Å². The molecule has 2 aliphatic heterocycles. The van der Waals surface area contributed by atoms with Crippen LogP contribution >= 0.6 is 0 Å². The Kier molecular flexibility index (Phi) is 5.05. The summed E-state index contributed by atoms with van der Waals surface area (Å²) in [6.07, 6.45) is 4.43. The lowest BCUT2D eigenvalue weighted by molar-refractivity contribution is 0.109. The summed E-state index contributed by atoms with van der Waals surface area (Å²) in [7, 11) is 0. The number of nitrogens with zero attached hydrogens (tertiary/aromatic N) is 3. The first kappa shape index (κ1) is 21.3. The molecular formula is C25H25FN4O3. The molecule has 170 valence electrons. The van der Waals surface area contributed by atoms with E-state index >= 15 is 0 Å². The molecule has 33 heavy (non-hydrogen) atoms. The van der Waals surface area contributed by atoms with E-state index in [4.69, 9.17) is 24.9 Å². The first-order chi connectivity index (χ1) is 15.7. The van der Waals surface area contributed by atoms with Gasteiger partial charge >= 0.3 is 0 Å². The van der Waals surface area contributed by atoms with Crippen LogP contribution in [0, 0.1) is 11.2 Å². The summed E-state index contributed by atoms with van der Waals surface area (Å²) in [5, 5.41) is 0. The van der Waals surface area contributed by atoms with Crippen LogP contribution in [-0.4, -0.2) is 35.6 Å². The lowest BCUT2D eigenvalue weighted by Crippen LogP contribution is -2.42. The maximum atomic E-state index is 13.8. The number of hydrogen-bond donors (Lipinski definition) is 1. The number of ether oxygens (including phenoxy) is 3. The number of halogens is 1. The highest BCUT2D eigenvalue weighted by molar-refractivity contribution is 5.84. The Hall–Kier alpha value is -3.52. The van der Waals surface area contributed by atoms with Crippen molar-refractivity contribution in [2.45, 2.75) is 26.3 Å². The molecule has 1 aromatic carbocycles. The SMILES string of the molecule is CC(C)(C)COc1cc2c(cn1)Oc1ccc(-c3cncc(F)c3)cc1[C@@]21COCC(N)=N1. The van der Waals surface area contributed by atoms with Crippen LogP contribution in [0.4, 0.5) is 4.39 Å². The molecule has 4 heterocycles. The largest absolute Gasteiger partial charge is 0.477 e. The molecular weight excluding hydrogens is 423 g/mol. The summed E-state index contributed by atoms with van der Waals surface area (Å²) >= 11 is 0. The van der Waals surface area contributed by atoms with Gasteiger partial charge in [-0.05, 0) is 29.2 Å². The zero-order valence-corrected chi connectivity index (χ0v) is 18.8. The molecule has 7 nitrogen and oxygen atoms in total. The number of benzene rings is 1. The number of rotatable bonds is 3. The Morgan fingerprint density at radius 2 is 1.88 bits per heavy atom. The van der Waals surface area contributed by atoms with Crippen LogP contribution in [0.25, 0.3) is 11.1 Å². The Bertz CT molecular complexity index is 1250. The van der Waals surface area contributed by atoms with Crippen LogP contribution in [-0.2, 0) is 10.3 Å². The van der Waals surface area contributed by atoms with E-state index in [9.17, 15) is 4.39 Å². The number of aliphatic imine (C=N–C) groups is 1. The topological polar surface area (TPSA) is 91.8 Å². The Balaban J connectivity index is 1.65. The van der Waals surface area contributed by atoms with Gasteiger partial charge in [0.2, 0.25) is 5.88 Å². The van der Waals surface area contributed by atoms with Gasteiger partial charge in [-0.2, -0.15) is 0 Å². The van der Waals surface area contributed by atoms with E-state index in [1.165, 1.54) is 12.3 Å². The third-order valence-corrected chi connectivity index (χ3v) is 5.52. The predicted octanol–water partition coefficient (Wildman–Crippen LogP) is 4.44. The number of pyridine rings is 2. The average Bonchev–Trinajstić information content (AvgIpc) is 2.77. The third kappa shape index (κ3) is 4.02. The standard InChI is InChI=1S/C25H25FN4O3/c1-24(2,3)13-32-23-8-19-21(11-29-23)33-20-5-4-15(16-6-17(26)10-28-9-16)7-18(20)25(19)14-31-12-22(27)30-25/h4-11H,12-14H2,1-3H3,(H2,27,30)/t25-/m0/s1. The first-order valence-corrected chi connectivity index (χ1v) is 10.7. The maximum Gasteiger partial charge on any atom is 0.213 e. The fourth-order valence-corrected chi connectivity index (χ4v) is 4.04. The van der Waals surface area contributed by atoms with Crippen molar-refractivity contribution < 1.29 is 18.6 Å². The van der Waals surface area contributed by atoms with Crippen molar-refractivity contribution in [2.24, 2.45) is 16.1 Å². The number of fused-ring (bicyclic) bond motifs is 4. The fraction of sp³-hybridized carbons (Fsp3) is 0.320. The molecule has 1 atom stereocenters. The first-order valence-electron chi connectivity index (χ1n) is 10.7. The van der Waals surface area contributed by atoms with Crippen LogP contribution in [0.1, 0.15) is 31.9 Å². The quantitative estimate of drug-likeness (QED) is 0.637. The maximum absolute atomic E-state index is 13.8. The molecule has 1 spiro atoms. The van der Waals surface area contributed by atoms with Gasteiger partial charge in [-0.1, -0.05) is 26.8 Å². The monoisotopic (exact) mass is 448 g/mol. The van der Waals surface area contributed by atoms with Gasteiger partial charge in [0.25, 0.3) is 0 Å². The van der Waals surface area contributed by atoms with Gasteiger partial charge < -0.3 is 19.9 Å². The summed E-state index contributed by atoms with van der Waals surface area (Å²) in [5.74, 6) is 1.62. The second-order valence-corrected chi connectivity index (χ2v) is 9.53. The number of hydrogen-bond acceptors (Lipinski definition) is 7. The van der Waals surface area contributed by atoms with Gasteiger partial charge in [-0.3, -0.25) is 9.98 Å². The highest BCUT2D eigenvalue weighted by Crippen LogP contribution is 2.51. The molecule has 2 aliphatic rings. The average molecular weight is 448 g/mol. The van der Waals surface area contributed by atoms with Crippen LogP contribution in [0.15, 0.2) is 53.9 Å². The van der Waals surface area contributed by atoms with Gasteiger partial charge in [-0.15, -0.1) is 0 Å². The number of amidine groups is 1. The molecule has 0 saturated heterocycles. The Labute approximate surface area is 191 Å². The van der Waals surface area contributed by atoms with E-state index < -0.39 is 11.4 Å². The molecule has 0 aliphatic carbocycles. The van der Waals surface area contributed by atoms with Crippen molar-refractivity contribution in [3.05, 3.63) is 65.9 Å². The molecule has 5 rings (SSSR count). The summed E-state index contributed by atoms with van der Waals surface area (Å²) in [6.45, 7) is 7.30. The number of nitrogens with two attached hydrogens (primary N) is 1.